The van der Waals surface area contributed by atoms with Gasteiger partial charge in [0.05, 0.1) is 17.6 Å². The second-order valence-corrected chi connectivity index (χ2v) is 8.25. The normalized spacial score (nSPS) is 12.0. The molecule has 0 N–H and O–H groups in total. The highest BCUT2D eigenvalue weighted by Crippen LogP contribution is 2.18. The zero-order chi connectivity index (χ0) is 18.0. The number of nitrogens with zero attached hydrogens (tertiary/aromatic N) is 2. The van der Waals surface area contributed by atoms with Gasteiger partial charge in [-0.05, 0) is 44.9 Å². The Kier molecular flexibility index (Phi) is 8.43. The molecule has 7 heteroatoms. The third kappa shape index (κ3) is 6.13. The molecule has 0 bridgehead atoms. The maximum atomic E-state index is 5.85. The van der Waals surface area contributed by atoms with Crippen molar-refractivity contribution in [2.45, 2.75) is 39.8 Å². The van der Waals surface area contributed by atoms with E-state index in [4.69, 9.17) is 18.0 Å². The van der Waals surface area contributed by atoms with E-state index in [-0.39, 0.29) is 0 Å². The molecule has 0 spiro atoms. The molecule has 25 heavy (non-hydrogen) atoms. The number of hydrogen-bond donors (Lipinski definition) is 0. The fraction of sp³-hybridized carbons (Fsp3) is 0.556. The van der Waals surface area contributed by atoms with Gasteiger partial charge in [-0.2, -0.15) is 0 Å². The van der Waals surface area contributed by atoms with E-state index in [1.807, 2.05) is 39.0 Å². The Morgan fingerprint density at radius 2 is 1.52 bits per heavy atom. The average molecular weight is 365 g/mol. The van der Waals surface area contributed by atoms with E-state index >= 15 is 0 Å². The van der Waals surface area contributed by atoms with Crippen LogP contribution in [0.2, 0.25) is 6.04 Å². The van der Waals surface area contributed by atoms with E-state index in [1.165, 1.54) is 0 Å². The minimum atomic E-state index is -2.56. The summed E-state index contributed by atoms with van der Waals surface area (Å²) in [6.07, 6.45) is 4.25. The number of benzene rings is 1. The Balaban J connectivity index is 1.80. The first kappa shape index (κ1) is 19.9. The Hall–Kier alpha value is -1.38. The predicted molar refractivity (Wildman–Crippen MR) is 99.3 cm³/mol. The third-order valence-corrected chi connectivity index (χ3v) is 6.82. The summed E-state index contributed by atoms with van der Waals surface area (Å²) in [5.74, 6) is 0. The van der Waals surface area contributed by atoms with Crippen molar-refractivity contribution in [1.82, 2.24) is 9.97 Å². The van der Waals surface area contributed by atoms with Crippen LogP contribution in [0.1, 0.15) is 32.8 Å². The van der Waals surface area contributed by atoms with Crippen molar-refractivity contribution in [1.29, 1.82) is 0 Å². The molecule has 1 heterocycles. The molecule has 0 aliphatic rings. The first-order valence-corrected chi connectivity index (χ1v) is 10.9. The molecule has 2 aromatic rings. The lowest BCUT2D eigenvalue weighted by atomic mass is 10.2. The first-order valence-electron chi connectivity index (χ1n) is 8.92. The van der Waals surface area contributed by atoms with E-state index in [1.54, 1.807) is 12.4 Å². The summed E-state index contributed by atoms with van der Waals surface area (Å²) < 4.78 is 23.3. The summed E-state index contributed by atoms with van der Waals surface area (Å²) in [5.41, 5.74) is 2.88. The van der Waals surface area contributed by atoms with Crippen LogP contribution in [-0.4, -0.2) is 45.2 Å². The molecule has 0 saturated carbocycles. The minimum absolute atomic E-state index is 0.555. The summed E-state index contributed by atoms with van der Waals surface area (Å²) >= 11 is 0. The number of ether oxygens (including phenoxy) is 1. The minimum Gasteiger partial charge on any atom is -0.377 e. The van der Waals surface area contributed by atoms with Crippen molar-refractivity contribution >= 4 is 19.8 Å². The van der Waals surface area contributed by atoms with Gasteiger partial charge in [-0.15, -0.1) is 0 Å². The van der Waals surface area contributed by atoms with Crippen molar-refractivity contribution in [3.8, 4) is 0 Å². The topological polar surface area (TPSA) is 62.7 Å². The second kappa shape index (κ2) is 10.6. The van der Waals surface area contributed by atoms with Crippen LogP contribution in [-0.2, 0) is 24.6 Å². The van der Waals surface area contributed by atoms with Crippen molar-refractivity contribution in [3.63, 3.8) is 0 Å². The fourth-order valence-corrected chi connectivity index (χ4v) is 5.26. The van der Waals surface area contributed by atoms with Gasteiger partial charge in [-0.25, -0.2) is 0 Å². The van der Waals surface area contributed by atoms with Gasteiger partial charge in [-0.1, -0.05) is 6.07 Å². The van der Waals surface area contributed by atoms with Crippen LogP contribution in [0.15, 0.2) is 30.6 Å². The Bertz CT molecular complexity index is 624. The highest BCUT2D eigenvalue weighted by atomic mass is 28.4. The van der Waals surface area contributed by atoms with Crippen LogP contribution in [0.5, 0.6) is 0 Å². The van der Waals surface area contributed by atoms with Crippen LogP contribution < -0.4 is 0 Å². The lowest BCUT2D eigenvalue weighted by Gasteiger charge is -2.28. The Morgan fingerprint density at radius 3 is 2.16 bits per heavy atom. The smallest absolute Gasteiger partial charge is 0.377 e. The molecule has 0 atom stereocenters. The highest BCUT2D eigenvalue weighted by molar-refractivity contribution is 6.60. The van der Waals surface area contributed by atoms with Gasteiger partial charge in [0.15, 0.2) is 0 Å². The van der Waals surface area contributed by atoms with Crippen LogP contribution in [0.25, 0.3) is 11.0 Å². The van der Waals surface area contributed by atoms with Crippen LogP contribution in [0, 0.1) is 0 Å². The van der Waals surface area contributed by atoms with Crippen LogP contribution in [0.3, 0.4) is 0 Å². The largest absolute Gasteiger partial charge is 0.501 e. The second-order valence-electron chi connectivity index (χ2n) is 5.52. The Morgan fingerprint density at radius 1 is 0.880 bits per heavy atom. The summed E-state index contributed by atoms with van der Waals surface area (Å²) in [7, 11) is -2.56. The van der Waals surface area contributed by atoms with Gasteiger partial charge < -0.3 is 18.0 Å². The molecule has 1 aromatic carbocycles. The van der Waals surface area contributed by atoms with E-state index in [0.717, 1.165) is 29.1 Å². The molecule has 138 valence electrons. The van der Waals surface area contributed by atoms with Crippen LogP contribution in [0.4, 0.5) is 0 Å². The van der Waals surface area contributed by atoms with E-state index in [2.05, 4.69) is 9.97 Å². The molecule has 6 nitrogen and oxygen atoms in total. The maximum Gasteiger partial charge on any atom is 0.501 e. The Labute approximate surface area is 150 Å². The molecule has 0 amide bonds. The van der Waals surface area contributed by atoms with Gasteiger partial charge in [-0.3, -0.25) is 9.97 Å². The molecule has 0 saturated heterocycles. The number of rotatable bonds is 12. The lowest BCUT2D eigenvalue weighted by molar-refractivity contribution is 0.0647. The standard InChI is InChI=1S/C18H28N2O4Si/c1-4-22-25(23-5-2,24-6-3)13-7-12-21-15-16-8-9-17-18(14-16)20-11-10-19-17/h8-11,14H,4-7,12-13,15H2,1-3H3. The SMILES string of the molecule is CCO[Si](CCCOCc1ccc2nccnc2c1)(OCC)OCC. The molecule has 0 radical (unpaired) electrons. The van der Waals surface area contributed by atoms with Crippen molar-refractivity contribution < 1.29 is 18.0 Å². The molecule has 0 aliphatic heterocycles. The number of aromatic nitrogens is 2. The molecular weight excluding hydrogens is 336 g/mol. The summed E-state index contributed by atoms with van der Waals surface area (Å²) in [5, 5.41) is 0. The van der Waals surface area contributed by atoms with E-state index in [0.29, 0.717) is 33.0 Å². The number of fused-ring (bicyclic) bond motifs is 1. The molecule has 0 aliphatic carbocycles. The molecule has 1 aromatic heterocycles. The van der Waals surface area contributed by atoms with Gasteiger partial charge >= 0.3 is 8.80 Å². The fourth-order valence-electron chi connectivity index (χ4n) is 2.68. The van der Waals surface area contributed by atoms with E-state index in [9.17, 15) is 0 Å². The average Bonchev–Trinajstić information content (AvgIpc) is 2.62. The quantitative estimate of drug-likeness (QED) is 0.424. The maximum absolute atomic E-state index is 5.85. The van der Waals surface area contributed by atoms with Gasteiger partial charge in [0.25, 0.3) is 0 Å². The molecular formula is C18H28N2O4Si. The zero-order valence-electron chi connectivity index (χ0n) is 15.4. The van der Waals surface area contributed by atoms with Crippen LogP contribution >= 0.6 is 0 Å². The summed E-state index contributed by atoms with van der Waals surface area (Å²) in [6, 6.07) is 6.78. The van der Waals surface area contributed by atoms with E-state index < -0.39 is 8.80 Å². The molecule has 2 rings (SSSR count). The lowest BCUT2D eigenvalue weighted by Crippen LogP contribution is -2.46. The molecule has 0 fully saturated rings. The third-order valence-electron chi connectivity index (χ3n) is 3.67. The number of hydrogen-bond acceptors (Lipinski definition) is 6. The highest BCUT2D eigenvalue weighted by Gasteiger charge is 2.39. The monoisotopic (exact) mass is 364 g/mol. The van der Waals surface area contributed by atoms with Crippen molar-refractivity contribution in [2.75, 3.05) is 26.4 Å². The van der Waals surface area contributed by atoms with Gasteiger partial charge in [0, 0.05) is 44.9 Å². The van der Waals surface area contributed by atoms with Crippen molar-refractivity contribution in [3.05, 3.63) is 36.2 Å². The predicted octanol–water partition coefficient (Wildman–Crippen LogP) is 3.58. The molecule has 0 unspecified atom stereocenters. The zero-order valence-corrected chi connectivity index (χ0v) is 16.4. The van der Waals surface area contributed by atoms with Crippen molar-refractivity contribution in [2.24, 2.45) is 0 Å². The van der Waals surface area contributed by atoms with Gasteiger partial charge in [0.1, 0.15) is 0 Å². The summed E-state index contributed by atoms with van der Waals surface area (Å²) in [6.45, 7) is 8.91. The summed E-state index contributed by atoms with van der Waals surface area (Å²) in [4.78, 5) is 8.59. The first-order chi connectivity index (χ1) is 12.2. The van der Waals surface area contributed by atoms with Gasteiger partial charge in [0.2, 0.25) is 0 Å².